The van der Waals surface area contributed by atoms with Crippen molar-refractivity contribution in [2.75, 3.05) is 5.43 Å². The molecule has 0 aliphatic carbocycles. The lowest BCUT2D eigenvalue weighted by Gasteiger charge is -2.04. The van der Waals surface area contributed by atoms with Gasteiger partial charge in [0.15, 0.2) is 0 Å². The molecule has 0 aliphatic rings. The Morgan fingerprint density at radius 1 is 1.19 bits per heavy atom. The zero-order valence-electron chi connectivity index (χ0n) is 8.11. The lowest BCUT2D eigenvalue weighted by atomic mass is 10.1. The van der Waals surface area contributed by atoms with Crippen LogP contribution in [0.25, 0.3) is 11.3 Å². The maximum Gasteiger partial charge on any atom is 0.237 e. The second-order valence-electron chi connectivity index (χ2n) is 3.03. The van der Waals surface area contributed by atoms with E-state index in [9.17, 15) is 8.78 Å². The highest BCUT2D eigenvalue weighted by molar-refractivity contribution is 5.60. The normalized spacial score (nSPS) is 10.2. The molecule has 0 unspecified atom stereocenters. The number of nitrogens with one attached hydrogen (secondary N) is 1. The van der Waals surface area contributed by atoms with Gasteiger partial charge in [-0.25, -0.2) is 24.6 Å². The third kappa shape index (κ3) is 1.96. The molecule has 1 aromatic heterocycles. The van der Waals surface area contributed by atoms with Crippen molar-refractivity contribution in [3.8, 4) is 11.3 Å². The summed E-state index contributed by atoms with van der Waals surface area (Å²) < 4.78 is 26.1. The predicted molar refractivity (Wildman–Crippen MR) is 55.2 cm³/mol. The molecule has 82 valence electrons. The van der Waals surface area contributed by atoms with E-state index in [1.165, 1.54) is 18.3 Å². The molecule has 0 aliphatic heterocycles. The quantitative estimate of drug-likeness (QED) is 0.599. The fraction of sp³-hybridized carbons (Fsp3) is 0. The molecule has 0 fully saturated rings. The van der Waals surface area contributed by atoms with E-state index in [1.807, 2.05) is 0 Å². The number of nitrogens with two attached hydrogens (primary N) is 1. The molecule has 0 saturated heterocycles. The summed E-state index contributed by atoms with van der Waals surface area (Å²) in [6.45, 7) is 0. The van der Waals surface area contributed by atoms with Gasteiger partial charge in [0, 0.05) is 17.8 Å². The van der Waals surface area contributed by atoms with Gasteiger partial charge in [-0.2, -0.15) is 0 Å². The maximum atomic E-state index is 13.4. The molecule has 2 aromatic rings. The number of aromatic nitrogens is 2. The van der Waals surface area contributed by atoms with Crippen LogP contribution in [0.5, 0.6) is 0 Å². The van der Waals surface area contributed by atoms with Gasteiger partial charge in [0.05, 0.1) is 5.69 Å². The zero-order valence-corrected chi connectivity index (χ0v) is 8.11. The molecule has 0 saturated carbocycles. The van der Waals surface area contributed by atoms with Crippen molar-refractivity contribution < 1.29 is 8.78 Å². The van der Waals surface area contributed by atoms with E-state index in [4.69, 9.17) is 5.84 Å². The minimum absolute atomic E-state index is 0.168. The summed E-state index contributed by atoms with van der Waals surface area (Å²) in [7, 11) is 0. The van der Waals surface area contributed by atoms with Gasteiger partial charge in [0.1, 0.15) is 11.6 Å². The van der Waals surface area contributed by atoms with Crippen LogP contribution in [-0.2, 0) is 0 Å². The van der Waals surface area contributed by atoms with Gasteiger partial charge in [0.2, 0.25) is 5.95 Å². The molecule has 16 heavy (non-hydrogen) atoms. The van der Waals surface area contributed by atoms with Gasteiger partial charge in [0.25, 0.3) is 0 Å². The van der Waals surface area contributed by atoms with Crippen molar-refractivity contribution in [1.82, 2.24) is 9.97 Å². The average molecular weight is 222 g/mol. The molecule has 6 heteroatoms. The minimum Gasteiger partial charge on any atom is -0.292 e. The Morgan fingerprint density at radius 2 is 2.00 bits per heavy atom. The Kier molecular flexibility index (Phi) is 2.74. The Balaban J connectivity index is 2.49. The number of hydrazine groups is 1. The predicted octanol–water partition coefficient (Wildman–Crippen LogP) is 1.71. The molecule has 0 radical (unpaired) electrons. The number of hydrogen-bond donors (Lipinski definition) is 2. The van der Waals surface area contributed by atoms with Crippen molar-refractivity contribution in [3.63, 3.8) is 0 Å². The Labute approximate surface area is 90.1 Å². The summed E-state index contributed by atoms with van der Waals surface area (Å²) in [5.74, 6) is 3.99. The average Bonchev–Trinajstić information content (AvgIpc) is 2.29. The first-order valence-corrected chi connectivity index (χ1v) is 4.46. The molecule has 1 aromatic carbocycles. The molecule has 4 nitrogen and oxygen atoms in total. The van der Waals surface area contributed by atoms with Crippen LogP contribution in [0.4, 0.5) is 14.7 Å². The summed E-state index contributed by atoms with van der Waals surface area (Å²) in [5.41, 5.74) is 2.78. The van der Waals surface area contributed by atoms with E-state index in [0.717, 1.165) is 12.1 Å². The second kappa shape index (κ2) is 4.19. The van der Waals surface area contributed by atoms with Crippen molar-refractivity contribution in [2.24, 2.45) is 5.84 Å². The van der Waals surface area contributed by atoms with Gasteiger partial charge in [-0.1, -0.05) is 0 Å². The van der Waals surface area contributed by atoms with Crippen LogP contribution in [0.3, 0.4) is 0 Å². The van der Waals surface area contributed by atoms with Gasteiger partial charge < -0.3 is 0 Å². The zero-order chi connectivity index (χ0) is 11.5. The van der Waals surface area contributed by atoms with Crippen molar-refractivity contribution in [1.29, 1.82) is 0 Å². The van der Waals surface area contributed by atoms with E-state index in [0.29, 0.717) is 5.69 Å². The fourth-order valence-corrected chi connectivity index (χ4v) is 1.28. The lowest BCUT2D eigenvalue weighted by molar-refractivity contribution is 0.585. The molecule has 0 amide bonds. The van der Waals surface area contributed by atoms with Crippen LogP contribution in [-0.4, -0.2) is 9.97 Å². The number of anilines is 1. The highest BCUT2D eigenvalue weighted by Crippen LogP contribution is 2.21. The van der Waals surface area contributed by atoms with Gasteiger partial charge in [-0.05, 0) is 18.2 Å². The molecule has 0 atom stereocenters. The van der Waals surface area contributed by atoms with E-state index >= 15 is 0 Å². The summed E-state index contributed by atoms with van der Waals surface area (Å²) >= 11 is 0. The Morgan fingerprint density at radius 3 is 2.69 bits per heavy atom. The molecule has 3 N–H and O–H groups in total. The van der Waals surface area contributed by atoms with E-state index < -0.39 is 11.6 Å². The number of benzene rings is 1. The van der Waals surface area contributed by atoms with Gasteiger partial charge >= 0.3 is 0 Å². The van der Waals surface area contributed by atoms with Crippen molar-refractivity contribution in [3.05, 3.63) is 42.1 Å². The van der Waals surface area contributed by atoms with Crippen LogP contribution in [0.15, 0.2) is 30.5 Å². The highest BCUT2D eigenvalue weighted by atomic mass is 19.1. The van der Waals surface area contributed by atoms with Crippen LogP contribution in [0.2, 0.25) is 0 Å². The third-order valence-electron chi connectivity index (χ3n) is 1.99. The van der Waals surface area contributed by atoms with Crippen molar-refractivity contribution >= 4 is 5.95 Å². The number of nitrogens with zero attached hydrogens (tertiary/aromatic N) is 2. The number of halogens is 2. The Hall–Kier alpha value is -2.08. The first-order chi connectivity index (χ1) is 7.70. The van der Waals surface area contributed by atoms with E-state index in [2.05, 4.69) is 15.4 Å². The summed E-state index contributed by atoms with van der Waals surface area (Å²) in [6.07, 6.45) is 1.43. The fourth-order valence-electron chi connectivity index (χ4n) is 1.28. The second-order valence-corrected chi connectivity index (χ2v) is 3.03. The van der Waals surface area contributed by atoms with Crippen LogP contribution in [0, 0.1) is 11.6 Å². The third-order valence-corrected chi connectivity index (χ3v) is 1.99. The Bertz CT molecular complexity index is 516. The first kappa shape index (κ1) is 10.4. The molecular formula is C10H8F2N4. The van der Waals surface area contributed by atoms with E-state index in [-0.39, 0.29) is 11.5 Å². The van der Waals surface area contributed by atoms with Crippen molar-refractivity contribution in [2.45, 2.75) is 0 Å². The van der Waals surface area contributed by atoms with E-state index in [1.54, 1.807) is 0 Å². The smallest absolute Gasteiger partial charge is 0.237 e. The molecule has 1 heterocycles. The SMILES string of the molecule is NNc1nccc(-c2ccc(F)cc2F)n1. The highest BCUT2D eigenvalue weighted by Gasteiger charge is 2.08. The summed E-state index contributed by atoms with van der Waals surface area (Å²) in [4.78, 5) is 7.73. The standard InChI is InChI=1S/C10H8F2N4/c11-6-1-2-7(8(12)5-6)9-3-4-14-10(15-9)16-13/h1-5H,13H2,(H,14,15,16). The largest absolute Gasteiger partial charge is 0.292 e. The molecule has 0 spiro atoms. The molecule has 2 rings (SSSR count). The topological polar surface area (TPSA) is 63.8 Å². The summed E-state index contributed by atoms with van der Waals surface area (Å²) in [5, 5.41) is 0. The summed E-state index contributed by atoms with van der Waals surface area (Å²) in [6, 6.07) is 4.79. The van der Waals surface area contributed by atoms with Crippen LogP contribution in [0.1, 0.15) is 0 Å². The lowest BCUT2D eigenvalue weighted by Crippen LogP contribution is -2.10. The van der Waals surface area contributed by atoms with Crippen LogP contribution >= 0.6 is 0 Å². The van der Waals surface area contributed by atoms with Gasteiger partial charge in [-0.3, -0.25) is 5.43 Å². The number of rotatable bonds is 2. The monoisotopic (exact) mass is 222 g/mol. The van der Waals surface area contributed by atoms with Gasteiger partial charge in [-0.15, -0.1) is 0 Å². The van der Waals surface area contributed by atoms with Crippen LogP contribution < -0.4 is 11.3 Å². The number of nitrogen functional groups attached to an aromatic ring is 1. The first-order valence-electron chi connectivity index (χ1n) is 4.46. The molecule has 0 bridgehead atoms. The maximum absolute atomic E-state index is 13.4. The molecular weight excluding hydrogens is 214 g/mol. The number of hydrogen-bond acceptors (Lipinski definition) is 4. The minimum atomic E-state index is -0.679.